The summed E-state index contributed by atoms with van der Waals surface area (Å²) in [5.74, 6) is 1.42. The summed E-state index contributed by atoms with van der Waals surface area (Å²) in [4.78, 5) is 0. The number of para-hydroxylation sites is 1. The highest BCUT2D eigenvalue weighted by Gasteiger charge is 2.54. The lowest BCUT2D eigenvalue weighted by atomic mass is 9.71. The number of hydrogen-bond acceptors (Lipinski definition) is 2. The fourth-order valence-electron chi connectivity index (χ4n) is 7.22. The Bertz CT molecular complexity index is 1490. The highest BCUT2D eigenvalue weighted by Crippen LogP contribution is 2.48. The molecule has 4 heterocycles. The first-order valence-corrected chi connectivity index (χ1v) is 13.9. The number of pyridine rings is 1. The van der Waals surface area contributed by atoms with Gasteiger partial charge in [0.1, 0.15) is 30.3 Å². The summed E-state index contributed by atoms with van der Waals surface area (Å²) in [6.07, 6.45) is 5.69. The number of halogens is 1. The van der Waals surface area contributed by atoms with Crippen molar-refractivity contribution in [2.45, 2.75) is 38.1 Å². The Kier molecular flexibility index (Phi) is 6.96. The molecule has 3 aliphatic rings. The molecular formula is C34H37FN2O2+2. The van der Waals surface area contributed by atoms with E-state index in [1.54, 1.807) is 19.2 Å². The zero-order valence-electron chi connectivity index (χ0n) is 22.5. The summed E-state index contributed by atoms with van der Waals surface area (Å²) in [5.41, 5.74) is 3.81. The van der Waals surface area contributed by atoms with Gasteiger partial charge in [-0.3, -0.25) is 0 Å². The summed E-state index contributed by atoms with van der Waals surface area (Å²) >= 11 is 0. The molecule has 0 aliphatic carbocycles. The van der Waals surface area contributed by atoms with Crippen LogP contribution < -0.4 is 9.30 Å². The van der Waals surface area contributed by atoms with Crippen LogP contribution in [0.3, 0.4) is 0 Å². The molecule has 1 N–H and O–H groups in total. The largest absolute Gasteiger partial charge is 0.497 e. The van der Waals surface area contributed by atoms with Crippen molar-refractivity contribution in [3.05, 3.63) is 120 Å². The molecule has 5 atom stereocenters. The van der Waals surface area contributed by atoms with E-state index in [0.29, 0.717) is 29.7 Å². The maximum Gasteiger partial charge on any atom is 0.213 e. The van der Waals surface area contributed by atoms with Gasteiger partial charge in [0, 0.05) is 42.0 Å². The van der Waals surface area contributed by atoms with E-state index in [0.717, 1.165) is 47.0 Å². The quantitative estimate of drug-likeness (QED) is 0.175. The molecule has 1 aromatic heterocycles. The van der Waals surface area contributed by atoms with Crippen molar-refractivity contribution in [2.75, 3.05) is 20.2 Å². The van der Waals surface area contributed by atoms with Crippen LogP contribution in [0.25, 0.3) is 10.9 Å². The molecule has 3 aromatic carbocycles. The number of nitrogens with zero attached hydrogens (tertiary/aromatic N) is 2. The van der Waals surface area contributed by atoms with E-state index < -0.39 is 6.10 Å². The van der Waals surface area contributed by atoms with Crippen LogP contribution in [-0.4, -0.2) is 35.8 Å². The van der Waals surface area contributed by atoms with Gasteiger partial charge in [0.2, 0.25) is 5.52 Å². The Morgan fingerprint density at radius 3 is 2.69 bits per heavy atom. The lowest BCUT2D eigenvalue weighted by Crippen LogP contribution is -2.67. The minimum absolute atomic E-state index is 0.107. The average Bonchev–Trinajstić information content (AvgIpc) is 2.98. The molecule has 7 rings (SSSR count). The van der Waals surface area contributed by atoms with Gasteiger partial charge in [-0.05, 0) is 30.2 Å². The number of hydrogen-bond donors (Lipinski definition) is 1. The smallest absolute Gasteiger partial charge is 0.213 e. The van der Waals surface area contributed by atoms with Gasteiger partial charge in [-0.2, -0.15) is 4.57 Å². The molecule has 0 radical (unpaired) electrons. The average molecular weight is 525 g/mol. The lowest BCUT2D eigenvalue weighted by molar-refractivity contribution is -0.984. The standard InChI is InChI=1S/C34H37FN2O2/c1-3-25-23-37(22-24-9-5-4-6-10-24)18-16-26(25)20-33(37)34(38)30-15-17-36(32-12-8-7-11-29(30)32)21-27-19-28(39-2)13-14-31(27)35/h3-15,17,19,25-26,33-34,38H,1,16,18,20-23H2,2H3/q+2/t25?,26?,33?,34-,37?/m0/s1. The molecule has 4 unspecified atom stereocenters. The number of benzene rings is 3. The van der Waals surface area contributed by atoms with E-state index in [1.807, 2.05) is 24.4 Å². The van der Waals surface area contributed by atoms with Gasteiger partial charge >= 0.3 is 0 Å². The van der Waals surface area contributed by atoms with E-state index in [4.69, 9.17) is 4.74 Å². The monoisotopic (exact) mass is 524 g/mol. The molecule has 3 aliphatic heterocycles. The van der Waals surface area contributed by atoms with Crippen molar-refractivity contribution in [1.29, 1.82) is 0 Å². The number of rotatable bonds is 8. The van der Waals surface area contributed by atoms with E-state index in [2.05, 4.69) is 59.7 Å². The molecule has 200 valence electrons. The van der Waals surface area contributed by atoms with E-state index in [-0.39, 0.29) is 11.9 Å². The number of piperidine rings is 3. The van der Waals surface area contributed by atoms with E-state index in [1.165, 1.54) is 18.1 Å². The first-order valence-electron chi connectivity index (χ1n) is 13.9. The van der Waals surface area contributed by atoms with Crippen molar-refractivity contribution in [1.82, 2.24) is 0 Å². The second-order valence-corrected chi connectivity index (χ2v) is 11.3. The molecule has 5 heteroatoms. The molecule has 4 nitrogen and oxygen atoms in total. The minimum atomic E-state index is -0.601. The maximum absolute atomic E-state index is 14.7. The van der Waals surface area contributed by atoms with Crippen molar-refractivity contribution in [3.63, 3.8) is 0 Å². The van der Waals surface area contributed by atoms with Gasteiger partial charge in [0.25, 0.3) is 0 Å². The number of aliphatic hydroxyl groups excluding tert-OH is 1. The first kappa shape index (κ1) is 25.7. The number of quaternary nitrogens is 1. The van der Waals surface area contributed by atoms with Crippen molar-refractivity contribution >= 4 is 10.9 Å². The number of aromatic nitrogens is 1. The molecule has 3 fully saturated rings. The normalized spacial score (nSPS) is 24.9. The van der Waals surface area contributed by atoms with Gasteiger partial charge in [0.05, 0.1) is 31.1 Å². The van der Waals surface area contributed by atoms with Crippen LogP contribution in [0.4, 0.5) is 4.39 Å². The maximum atomic E-state index is 14.7. The van der Waals surface area contributed by atoms with Crippen LogP contribution >= 0.6 is 0 Å². The van der Waals surface area contributed by atoms with Gasteiger partial charge in [0.15, 0.2) is 12.7 Å². The number of fused-ring (bicyclic) bond motifs is 4. The summed E-state index contributed by atoms with van der Waals surface area (Å²) in [6, 6.07) is 25.8. The molecule has 2 bridgehead atoms. The van der Waals surface area contributed by atoms with Crippen LogP contribution in [0.1, 0.15) is 35.6 Å². The number of methoxy groups -OCH3 is 1. The lowest BCUT2D eigenvalue weighted by Gasteiger charge is -2.58. The zero-order valence-corrected chi connectivity index (χ0v) is 22.5. The second kappa shape index (κ2) is 10.6. The summed E-state index contributed by atoms with van der Waals surface area (Å²) < 4.78 is 23.0. The van der Waals surface area contributed by atoms with E-state index in [9.17, 15) is 9.50 Å². The SMILES string of the molecule is C=CC1C[N+]2(Cc3ccccc3)CCC1CC2[C@@H](O)c1cc[n+](Cc2cc(OC)ccc2F)c2ccccc12. The Morgan fingerprint density at radius 2 is 1.90 bits per heavy atom. The highest BCUT2D eigenvalue weighted by molar-refractivity contribution is 5.79. The van der Waals surface area contributed by atoms with Gasteiger partial charge in [-0.1, -0.05) is 48.5 Å². The van der Waals surface area contributed by atoms with Crippen LogP contribution in [0.15, 0.2) is 97.7 Å². The summed E-state index contributed by atoms with van der Waals surface area (Å²) in [6.45, 7) is 7.55. The fourth-order valence-corrected chi connectivity index (χ4v) is 7.22. The van der Waals surface area contributed by atoms with Gasteiger partial charge in [-0.25, -0.2) is 4.39 Å². The Balaban J connectivity index is 1.38. The van der Waals surface area contributed by atoms with Gasteiger partial charge in [-0.15, -0.1) is 6.58 Å². The summed E-state index contributed by atoms with van der Waals surface area (Å²) in [7, 11) is 1.59. The van der Waals surface area contributed by atoms with Gasteiger partial charge < -0.3 is 14.3 Å². The topological polar surface area (TPSA) is 33.3 Å². The number of aliphatic hydroxyl groups is 1. The third kappa shape index (κ3) is 4.75. The molecule has 4 aromatic rings. The van der Waals surface area contributed by atoms with E-state index >= 15 is 0 Å². The van der Waals surface area contributed by atoms with Crippen LogP contribution in [-0.2, 0) is 13.1 Å². The Hall–Kier alpha value is -3.54. The molecular weight excluding hydrogens is 487 g/mol. The summed E-state index contributed by atoms with van der Waals surface area (Å²) in [5, 5.41) is 13.1. The second-order valence-electron chi connectivity index (χ2n) is 11.3. The molecule has 0 amide bonds. The molecule has 3 saturated heterocycles. The van der Waals surface area contributed by atoms with Crippen molar-refractivity contribution in [3.8, 4) is 5.75 Å². The molecule has 0 spiro atoms. The molecule has 0 saturated carbocycles. The Morgan fingerprint density at radius 1 is 1.10 bits per heavy atom. The molecule has 39 heavy (non-hydrogen) atoms. The third-order valence-corrected chi connectivity index (χ3v) is 9.25. The minimum Gasteiger partial charge on any atom is -0.497 e. The number of ether oxygens (including phenoxy) is 1. The van der Waals surface area contributed by atoms with Crippen molar-refractivity contribution in [2.24, 2.45) is 11.8 Å². The van der Waals surface area contributed by atoms with Crippen LogP contribution in [0.2, 0.25) is 0 Å². The predicted molar refractivity (Wildman–Crippen MR) is 151 cm³/mol. The third-order valence-electron chi connectivity index (χ3n) is 9.25. The van der Waals surface area contributed by atoms with Crippen LogP contribution in [0, 0.1) is 17.7 Å². The van der Waals surface area contributed by atoms with Crippen LogP contribution in [0.5, 0.6) is 5.75 Å². The zero-order chi connectivity index (χ0) is 27.0. The fraction of sp³-hybridized carbons (Fsp3) is 0.324. The predicted octanol–water partition coefficient (Wildman–Crippen LogP) is 5.97. The highest BCUT2D eigenvalue weighted by atomic mass is 19.1. The Labute approximate surface area is 230 Å². The van der Waals surface area contributed by atoms with Crippen molar-refractivity contribution < 1.29 is 23.3 Å². The first-order chi connectivity index (χ1) is 19.0.